The maximum atomic E-state index is 13.5. The lowest BCUT2D eigenvalue weighted by molar-refractivity contribution is 0.0933. The molecule has 0 bridgehead atoms. The van der Waals surface area contributed by atoms with Gasteiger partial charge in [-0.1, -0.05) is 41.9 Å². The monoisotopic (exact) mass is 398 g/mol. The van der Waals surface area contributed by atoms with Crippen LogP contribution in [-0.4, -0.2) is 35.2 Å². The van der Waals surface area contributed by atoms with Gasteiger partial charge in [-0.05, 0) is 36.6 Å². The Morgan fingerprint density at radius 3 is 2.86 bits per heavy atom. The molecule has 2 heterocycles. The summed E-state index contributed by atoms with van der Waals surface area (Å²) in [5, 5.41) is 10.7. The van der Waals surface area contributed by atoms with E-state index in [-0.39, 0.29) is 22.5 Å². The van der Waals surface area contributed by atoms with Crippen LogP contribution in [0, 0.1) is 5.82 Å². The van der Waals surface area contributed by atoms with Crippen LogP contribution >= 0.6 is 11.6 Å². The average molecular weight is 399 g/mol. The Bertz CT molecular complexity index is 976. The first kappa shape index (κ1) is 18.5. The summed E-state index contributed by atoms with van der Waals surface area (Å²) in [5.41, 5.74) is 2.18. The Hall–Kier alpha value is -2.86. The second-order valence-electron chi connectivity index (χ2n) is 6.89. The zero-order valence-electron chi connectivity index (χ0n) is 15.2. The summed E-state index contributed by atoms with van der Waals surface area (Å²) < 4.78 is 13.5. The standard InChI is InChI=1S/C21H20ClFN4O/c22-18-9-8-15(23)11-17(18)21(28)24-16-7-4-10-27(13-16)20-12-19(25-26-20)14-5-2-1-3-6-14/h1-3,5-6,8-9,11-12,16H,4,7,10,13H2,(H,24,28)(H,25,26)/t16-/m1/s1. The van der Waals surface area contributed by atoms with Gasteiger partial charge in [0, 0.05) is 25.2 Å². The summed E-state index contributed by atoms with van der Waals surface area (Å²) in [6.45, 7) is 1.50. The van der Waals surface area contributed by atoms with Crippen molar-refractivity contribution < 1.29 is 9.18 Å². The molecule has 1 aliphatic heterocycles. The van der Waals surface area contributed by atoms with Crippen LogP contribution in [0.2, 0.25) is 5.02 Å². The zero-order chi connectivity index (χ0) is 19.5. The number of amides is 1. The molecule has 7 heteroatoms. The molecule has 0 saturated carbocycles. The van der Waals surface area contributed by atoms with Crippen LogP contribution in [-0.2, 0) is 0 Å². The quantitative estimate of drug-likeness (QED) is 0.690. The molecule has 0 radical (unpaired) electrons. The van der Waals surface area contributed by atoms with E-state index < -0.39 is 5.82 Å². The molecule has 4 rings (SSSR count). The predicted molar refractivity (Wildman–Crippen MR) is 108 cm³/mol. The summed E-state index contributed by atoms with van der Waals surface area (Å²) >= 11 is 6.04. The zero-order valence-corrected chi connectivity index (χ0v) is 15.9. The van der Waals surface area contributed by atoms with Crippen molar-refractivity contribution in [3.05, 3.63) is 71.0 Å². The molecule has 5 nitrogen and oxygen atoms in total. The normalized spacial score (nSPS) is 16.8. The smallest absolute Gasteiger partial charge is 0.253 e. The first-order valence-electron chi connectivity index (χ1n) is 9.22. The highest BCUT2D eigenvalue weighted by atomic mass is 35.5. The summed E-state index contributed by atoms with van der Waals surface area (Å²) in [6, 6.07) is 15.8. The fourth-order valence-corrected chi connectivity index (χ4v) is 3.68. The van der Waals surface area contributed by atoms with Crippen LogP contribution in [0.3, 0.4) is 0 Å². The van der Waals surface area contributed by atoms with Crippen molar-refractivity contribution in [3.8, 4) is 11.3 Å². The molecule has 1 fully saturated rings. The molecule has 1 atom stereocenters. The van der Waals surface area contributed by atoms with Crippen molar-refractivity contribution in [2.24, 2.45) is 0 Å². The second-order valence-corrected chi connectivity index (χ2v) is 7.30. The van der Waals surface area contributed by atoms with Gasteiger partial charge in [0.25, 0.3) is 5.91 Å². The van der Waals surface area contributed by atoms with Gasteiger partial charge in [-0.3, -0.25) is 9.89 Å². The lowest BCUT2D eigenvalue weighted by Gasteiger charge is -2.33. The number of H-pyrrole nitrogens is 1. The molecule has 1 amide bonds. The molecule has 1 aromatic heterocycles. The summed E-state index contributed by atoms with van der Waals surface area (Å²) in [5.74, 6) is 0.00901. The van der Waals surface area contributed by atoms with Crippen LogP contribution in [0.5, 0.6) is 0 Å². The number of hydrogen-bond acceptors (Lipinski definition) is 3. The van der Waals surface area contributed by atoms with Gasteiger partial charge in [-0.2, -0.15) is 5.10 Å². The predicted octanol–water partition coefficient (Wildman–Crippen LogP) is 4.27. The Kier molecular flexibility index (Phi) is 5.30. The molecule has 0 spiro atoms. The van der Waals surface area contributed by atoms with Gasteiger partial charge in [-0.25, -0.2) is 4.39 Å². The van der Waals surface area contributed by atoms with E-state index in [1.807, 2.05) is 36.4 Å². The maximum absolute atomic E-state index is 13.5. The summed E-state index contributed by atoms with van der Waals surface area (Å²) in [7, 11) is 0. The highest BCUT2D eigenvalue weighted by Gasteiger charge is 2.24. The Balaban J connectivity index is 1.44. The van der Waals surface area contributed by atoms with Crippen molar-refractivity contribution >= 4 is 23.3 Å². The van der Waals surface area contributed by atoms with E-state index in [0.29, 0.717) is 6.54 Å². The Morgan fingerprint density at radius 2 is 2.04 bits per heavy atom. The summed E-state index contributed by atoms with van der Waals surface area (Å²) in [6.07, 6.45) is 1.78. The van der Waals surface area contributed by atoms with E-state index in [1.54, 1.807) is 0 Å². The summed E-state index contributed by atoms with van der Waals surface area (Å²) in [4.78, 5) is 14.7. The minimum atomic E-state index is -0.482. The lowest BCUT2D eigenvalue weighted by Crippen LogP contribution is -2.48. The van der Waals surface area contributed by atoms with Gasteiger partial charge in [0.15, 0.2) is 5.82 Å². The Morgan fingerprint density at radius 1 is 1.21 bits per heavy atom. The first-order chi connectivity index (χ1) is 13.6. The number of carbonyl (C=O) groups is 1. The van der Waals surface area contributed by atoms with Crippen LogP contribution in [0.15, 0.2) is 54.6 Å². The van der Waals surface area contributed by atoms with Crippen molar-refractivity contribution in [3.63, 3.8) is 0 Å². The molecule has 2 N–H and O–H groups in total. The number of nitrogens with one attached hydrogen (secondary N) is 2. The molecule has 2 aromatic carbocycles. The van der Waals surface area contributed by atoms with Gasteiger partial charge in [-0.15, -0.1) is 0 Å². The van der Waals surface area contributed by atoms with Crippen LogP contribution in [0.25, 0.3) is 11.3 Å². The second kappa shape index (κ2) is 8.02. The molecular formula is C21H20ClFN4O. The largest absolute Gasteiger partial charge is 0.353 e. The van der Waals surface area contributed by atoms with Gasteiger partial charge in [0.05, 0.1) is 16.3 Å². The third kappa shape index (κ3) is 4.02. The lowest BCUT2D eigenvalue weighted by atomic mass is 10.0. The highest BCUT2D eigenvalue weighted by molar-refractivity contribution is 6.33. The number of piperidine rings is 1. The molecular weight excluding hydrogens is 379 g/mol. The van der Waals surface area contributed by atoms with Crippen LogP contribution in [0.4, 0.5) is 10.2 Å². The number of rotatable bonds is 4. The van der Waals surface area contributed by atoms with E-state index in [4.69, 9.17) is 11.6 Å². The minimum absolute atomic E-state index is 0.0579. The van der Waals surface area contributed by atoms with E-state index in [9.17, 15) is 9.18 Å². The molecule has 144 valence electrons. The maximum Gasteiger partial charge on any atom is 0.253 e. The number of hydrogen-bond donors (Lipinski definition) is 2. The third-order valence-corrected chi connectivity index (χ3v) is 5.23. The van der Waals surface area contributed by atoms with Crippen molar-refractivity contribution in [1.29, 1.82) is 0 Å². The average Bonchev–Trinajstić information content (AvgIpc) is 3.21. The van der Waals surface area contributed by atoms with E-state index in [0.717, 1.165) is 42.5 Å². The minimum Gasteiger partial charge on any atom is -0.353 e. The van der Waals surface area contributed by atoms with Gasteiger partial charge in [0.1, 0.15) is 5.82 Å². The number of aromatic amines is 1. The van der Waals surface area contributed by atoms with Gasteiger partial charge in [0.2, 0.25) is 0 Å². The third-order valence-electron chi connectivity index (χ3n) is 4.90. The van der Waals surface area contributed by atoms with Crippen molar-refractivity contribution in [1.82, 2.24) is 15.5 Å². The molecule has 1 saturated heterocycles. The molecule has 0 unspecified atom stereocenters. The fourth-order valence-electron chi connectivity index (χ4n) is 3.48. The number of nitrogens with zero attached hydrogens (tertiary/aromatic N) is 2. The van der Waals surface area contributed by atoms with E-state index in [2.05, 4.69) is 20.4 Å². The first-order valence-corrected chi connectivity index (χ1v) is 9.59. The molecule has 28 heavy (non-hydrogen) atoms. The SMILES string of the molecule is O=C(N[C@@H]1CCCN(c2cc(-c3ccccc3)[nH]n2)C1)c1cc(F)ccc1Cl. The van der Waals surface area contributed by atoms with Gasteiger partial charge < -0.3 is 10.2 Å². The number of anilines is 1. The fraction of sp³-hybridized carbons (Fsp3) is 0.238. The number of aromatic nitrogens is 2. The number of carbonyl (C=O) groups excluding carboxylic acids is 1. The number of halogens is 2. The Labute approximate surface area is 167 Å². The van der Waals surface area contributed by atoms with Crippen molar-refractivity contribution in [2.75, 3.05) is 18.0 Å². The molecule has 0 aliphatic carbocycles. The van der Waals surface area contributed by atoms with Crippen LogP contribution < -0.4 is 10.2 Å². The number of benzene rings is 2. The van der Waals surface area contributed by atoms with Gasteiger partial charge >= 0.3 is 0 Å². The van der Waals surface area contributed by atoms with Crippen molar-refractivity contribution in [2.45, 2.75) is 18.9 Å². The molecule has 3 aromatic rings. The van der Waals surface area contributed by atoms with E-state index in [1.165, 1.54) is 12.1 Å². The van der Waals surface area contributed by atoms with E-state index >= 15 is 0 Å². The highest BCUT2D eigenvalue weighted by Crippen LogP contribution is 2.24. The molecule has 1 aliphatic rings. The van der Waals surface area contributed by atoms with Crippen LogP contribution in [0.1, 0.15) is 23.2 Å². The topological polar surface area (TPSA) is 61.0 Å².